The number of alkyl halides is 4. The minimum absolute atomic E-state index is 0.0270. The number of fused-ring (bicyclic) bond motifs is 1. The van der Waals surface area contributed by atoms with E-state index in [0.717, 1.165) is 6.07 Å². The highest BCUT2D eigenvalue weighted by Crippen LogP contribution is 2.37. The fraction of sp³-hybridized carbons (Fsp3) is 0.320. The molecule has 1 fully saturated rings. The van der Waals surface area contributed by atoms with Crippen molar-refractivity contribution in [1.29, 1.82) is 0 Å². The predicted octanol–water partition coefficient (Wildman–Crippen LogP) is 4.51. The van der Waals surface area contributed by atoms with Crippen molar-refractivity contribution in [3.63, 3.8) is 0 Å². The molecule has 1 saturated heterocycles. The molecule has 0 amide bonds. The zero-order chi connectivity index (χ0) is 26.5. The molecule has 4 aromatic rings. The van der Waals surface area contributed by atoms with Crippen molar-refractivity contribution in [3.05, 3.63) is 75.9 Å². The maximum atomic E-state index is 14.8. The first kappa shape index (κ1) is 24.8. The lowest BCUT2D eigenvalue weighted by Gasteiger charge is -2.38. The number of aryl methyl sites for hydroxylation is 2. The molecule has 0 unspecified atom stereocenters. The molecule has 0 radical (unpaired) electrons. The van der Waals surface area contributed by atoms with E-state index in [0.29, 0.717) is 22.6 Å². The number of hydrogen-bond donors (Lipinski definition) is 0. The lowest BCUT2D eigenvalue weighted by molar-refractivity contribution is -0.269. The van der Waals surface area contributed by atoms with E-state index in [1.807, 2.05) is 0 Å². The van der Waals surface area contributed by atoms with Crippen LogP contribution in [0.25, 0.3) is 22.2 Å². The molecule has 0 saturated carbocycles. The first-order valence-electron chi connectivity index (χ1n) is 11.4. The van der Waals surface area contributed by atoms with Gasteiger partial charge >= 0.3 is 6.11 Å². The van der Waals surface area contributed by atoms with Crippen LogP contribution in [0.4, 0.5) is 23.4 Å². The molecule has 0 aromatic carbocycles. The minimum Gasteiger partial charge on any atom is -0.345 e. The molecule has 192 valence electrons. The smallest absolute Gasteiger partial charge is 0.345 e. The van der Waals surface area contributed by atoms with E-state index in [1.165, 1.54) is 34.0 Å². The van der Waals surface area contributed by atoms with Crippen molar-refractivity contribution < 1.29 is 22.3 Å². The van der Waals surface area contributed by atoms with Gasteiger partial charge < -0.3 is 9.64 Å². The van der Waals surface area contributed by atoms with Crippen LogP contribution in [0.2, 0.25) is 0 Å². The topological polar surface area (TPSA) is 86.0 Å². The Morgan fingerprint density at radius 2 is 1.89 bits per heavy atom. The minimum atomic E-state index is -3.51. The van der Waals surface area contributed by atoms with E-state index in [2.05, 4.69) is 19.9 Å². The number of anilines is 1. The fourth-order valence-electron chi connectivity index (χ4n) is 4.29. The molecule has 5 rings (SSSR count). The summed E-state index contributed by atoms with van der Waals surface area (Å²) < 4.78 is 62.1. The largest absolute Gasteiger partial charge is 0.373 e. The number of nitrogens with zero attached hydrogens (tertiary/aromatic N) is 6. The van der Waals surface area contributed by atoms with Gasteiger partial charge in [0.15, 0.2) is 0 Å². The van der Waals surface area contributed by atoms with Crippen LogP contribution in [0.3, 0.4) is 0 Å². The lowest BCUT2D eigenvalue weighted by Crippen LogP contribution is -2.48. The summed E-state index contributed by atoms with van der Waals surface area (Å²) in [5.41, 5.74) is 1.07. The molecule has 1 aliphatic rings. The van der Waals surface area contributed by atoms with Gasteiger partial charge in [-0.05, 0) is 49.7 Å². The number of hydrogen-bond acceptors (Lipinski definition) is 7. The molecule has 0 N–H and O–H groups in total. The van der Waals surface area contributed by atoms with Crippen molar-refractivity contribution in [3.8, 4) is 11.3 Å². The monoisotopic (exact) mass is 514 g/mol. The number of halogens is 4. The molecular weight excluding hydrogens is 492 g/mol. The van der Waals surface area contributed by atoms with Crippen LogP contribution in [-0.2, 0) is 11.8 Å². The molecule has 37 heavy (non-hydrogen) atoms. The highest BCUT2D eigenvalue weighted by Gasteiger charge is 2.43. The molecule has 0 aliphatic carbocycles. The lowest BCUT2D eigenvalue weighted by atomic mass is 10.1. The van der Waals surface area contributed by atoms with E-state index >= 15 is 0 Å². The van der Waals surface area contributed by atoms with Gasteiger partial charge in [-0.2, -0.15) is 8.78 Å². The van der Waals surface area contributed by atoms with Crippen LogP contribution in [0.1, 0.15) is 35.3 Å². The molecule has 1 atom stereocenters. The third-order valence-corrected chi connectivity index (χ3v) is 6.25. The first-order valence-corrected chi connectivity index (χ1v) is 11.4. The molecule has 0 bridgehead atoms. The maximum absolute atomic E-state index is 14.8. The summed E-state index contributed by atoms with van der Waals surface area (Å²) in [6, 6.07) is 7.24. The van der Waals surface area contributed by atoms with Crippen LogP contribution in [-0.4, -0.2) is 43.7 Å². The fourth-order valence-corrected chi connectivity index (χ4v) is 4.29. The molecule has 4 aromatic heterocycles. The highest BCUT2D eigenvalue weighted by molar-refractivity contribution is 5.92. The van der Waals surface area contributed by atoms with Crippen molar-refractivity contribution in [2.24, 2.45) is 7.05 Å². The summed E-state index contributed by atoms with van der Waals surface area (Å²) in [6.45, 7) is 2.62. The Morgan fingerprint density at radius 3 is 2.57 bits per heavy atom. The Balaban J connectivity index is 1.67. The summed E-state index contributed by atoms with van der Waals surface area (Å²) in [4.78, 5) is 31.4. The van der Waals surface area contributed by atoms with Gasteiger partial charge in [0.25, 0.3) is 12.0 Å². The zero-order valence-corrected chi connectivity index (χ0v) is 20.1. The van der Waals surface area contributed by atoms with E-state index in [-0.39, 0.29) is 29.0 Å². The Hall–Kier alpha value is -3.93. The Kier molecular flexibility index (Phi) is 6.14. The van der Waals surface area contributed by atoms with E-state index in [1.54, 1.807) is 33.0 Å². The van der Waals surface area contributed by atoms with Gasteiger partial charge in [-0.25, -0.2) is 18.7 Å². The maximum Gasteiger partial charge on any atom is 0.373 e. The SMILES string of the molecule is Cc1cc([C@H]2CN(c3cc4c(=O)n(C)c(C)nc4c(-c4ccc(C(F)F)nc4)n3)CC(F)(F)O2)ccn1. The standard InChI is InChI=1S/C25H22F4N6O2/c1-13-8-15(6-7-30-13)19-11-35(12-25(28,29)37-19)20-9-17-22(32-14(2)34(3)24(17)36)21(33-20)16-4-5-18(23(26)27)31-10-16/h4-10,19,23H,11-12H2,1-3H3/t19-/m1/s1. The Morgan fingerprint density at radius 1 is 1.11 bits per heavy atom. The zero-order valence-electron chi connectivity index (χ0n) is 20.1. The second-order valence-corrected chi connectivity index (χ2v) is 8.88. The first-order chi connectivity index (χ1) is 17.5. The van der Waals surface area contributed by atoms with E-state index in [9.17, 15) is 22.4 Å². The summed E-state index contributed by atoms with van der Waals surface area (Å²) in [7, 11) is 1.55. The summed E-state index contributed by atoms with van der Waals surface area (Å²) in [5.74, 6) is 0.499. The predicted molar refractivity (Wildman–Crippen MR) is 128 cm³/mol. The molecule has 0 spiro atoms. The van der Waals surface area contributed by atoms with E-state index in [4.69, 9.17) is 4.74 Å². The number of morpholine rings is 1. The Bertz CT molecular complexity index is 1540. The van der Waals surface area contributed by atoms with Gasteiger partial charge in [0.1, 0.15) is 41.2 Å². The van der Waals surface area contributed by atoms with Crippen LogP contribution in [0.15, 0.2) is 47.5 Å². The number of pyridine rings is 3. The molecule has 1 aliphatic heterocycles. The van der Waals surface area contributed by atoms with Crippen LogP contribution in [0, 0.1) is 13.8 Å². The number of aromatic nitrogens is 5. The van der Waals surface area contributed by atoms with Crippen molar-refractivity contribution >= 4 is 16.7 Å². The van der Waals surface area contributed by atoms with Crippen molar-refractivity contribution in [2.45, 2.75) is 32.5 Å². The molecule has 5 heterocycles. The molecule has 8 nitrogen and oxygen atoms in total. The second kappa shape index (κ2) is 9.18. The third-order valence-electron chi connectivity index (χ3n) is 6.25. The van der Waals surface area contributed by atoms with Gasteiger partial charge in [0.2, 0.25) is 0 Å². The summed E-state index contributed by atoms with van der Waals surface area (Å²) in [5, 5.41) is 0.150. The summed E-state index contributed by atoms with van der Waals surface area (Å²) >= 11 is 0. The van der Waals surface area contributed by atoms with Gasteiger partial charge in [-0.15, -0.1) is 0 Å². The normalized spacial score (nSPS) is 17.5. The average molecular weight is 514 g/mol. The van der Waals surface area contributed by atoms with Crippen molar-refractivity contribution in [1.82, 2.24) is 24.5 Å². The number of ether oxygens (including phenoxy) is 1. The second-order valence-electron chi connectivity index (χ2n) is 8.88. The third kappa shape index (κ3) is 4.76. The van der Waals surface area contributed by atoms with E-state index < -0.39 is 36.4 Å². The van der Waals surface area contributed by atoms with Gasteiger partial charge in [0, 0.05) is 30.7 Å². The van der Waals surface area contributed by atoms with Gasteiger partial charge in [-0.1, -0.05) is 0 Å². The molecule has 12 heteroatoms. The quantitative estimate of drug-likeness (QED) is 0.371. The molecular formula is C25H22F4N6O2. The van der Waals surface area contributed by atoms with Crippen LogP contribution in [0.5, 0.6) is 0 Å². The average Bonchev–Trinajstić information content (AvgIpc) is 2.86. The summed E-state index contributed by atoms with van der Waals surface area (Å²) in [6.07, 6.45) is -4.53. The highest BCUT2D eigenvalue weighted by atomic mass is 19.3. The number of rotatable bonds is 4. The van der Waals surface area contributed by atoms with Crippen LogP contribution < -0.4 is 10.5 Å². The van der Waals surface area contributed by atoms with Crippen LogP contribution >= 0.6 is 0 Å². The van der Waals surface area contributed by atoms with Crippen molar-refractivity contribution in [2.75, 3.05) is 18.0 Å². The van der Waals surface area contributed by atoms with Gasteiger partial charge in [-0.3, -0.25) is 19.3 Å². The Labute approximate surface area is 208 Å². The van der Waals surface area contributed by atoms with Gasteiger partial charge in [0.05, 0.1) is 11.9 Å².